The fraction of sp³-hybridized carbons (Fsp3) is 0.353. The van der Waals surface area contributed by atoms with Crippen LogP contribution >= 0.6 is 11.6 Å². The van der Waals surface area contributed by atoms with Crippen molar-refractivity contribution in [3.8, 4) is 5.75 Å². The number of nitrogens with one attached hydrogen (secondary N) is 1. The molecule has 1 aliphatic heterocycles. The van der Waals surface area contributed by atoms with Crippen LogP contribution in [0.1, 0.15) is 29.1 Å². The van der Waals surface area contributed by atoms with Crippen molar-refractivity contribution in [1.29, 1.82) is 0 Å². The van der Waals surface area contributed by atoms with Gasteiger partial charge in [-0.3, -0.25) is 9.59 Å². The van der Waals surface area contributed by atoms with E-state index in [4.69, 9.17) is 16.1 Å². The van der Waals surface area contributed by atoms with Crippen LogP contribution in [0, 0.1) is 12.8 Å². The summed E-state index contributed by atoms with van der Waals surface area (Å²) in [6, 6.07) is 6.07. The molecule has 2 aromatic rings. The Hall–Kier alpha value is -2.54. The smallest absolute Gasteiger partial charge is 0.276 e. The number of benzene rings is 1. The van der Waals surface area contributed by atoms with Crippen LogP contribution in [0.3, 0.4) is 0 Å². The summed E-state index contributed by atoms with van der Waals surface area (Å²) < 4.78 is 4.93. The number of likely N-dealkylation sites (tertiary alicyclic amines) is 1. The molecule has 1 aliphatic rings. The summed E-state index contributed by atoms with van der Waals surface area (Å²) in [5.41, 5.74) is 0.568. The third kappa shape index (κ3) is 3.93. The molecule has 0 atom stereocenters. The zero-order valence-corrected chi connectivity index (χ0v) is 14.4. The van der Waals surface area contributed by atoms with Crippen molar-refractivity contribution in [2.75, 3.05) is 18.4 Å². The SMILES string of the molecule is Cc1cc(C(=O)N2CCC(C(=O)Nc3cc(Cl)ccc3O)CC2)no1. The van der Waals surface area contributed by atoms with Crippen LogP contribution in [-0.4, -0.2) is 40.1 Å². The highest BCUT2D eigenvalue weighted by Gasteiger charge is 2.29. The van der Waals surface area contributed by atoms with E-state index in [-0.39, 0.29) is 34.9 Å². The number of hydrogen-bond donors (Lipinski definition) is 2. The summed E-state index contributed by atoms with van der Waals surface area (Å²) >= 11 is 5.88. The van der Waals surface area contributed by atoms with Crippen LogP contribution in [0.15, 0.2) is 28.8 Å². The molecule has 2 amide bonds. The lowest BCUT2D eigenvalue weighted by Crippen LogP contribution is -2.41. The van der Waals surface area contributed by atoms with Crippen molar-refractivity contribution in [3.63, 3.8) is 0 Å². The van der Waals surface area contributed by atoms with Gasteiger partial charge in [-0.1, -0.05) is 16.8 Å². The fourth-order valence-electron chi connectivity index (χ4n) is 2.82. The molecule has 8 heteroatoms. The van der Waals surface area contributed by atoms with E-state index in [2.05, 4.69) is 10.5 Å². The molecule has 1 saturated heterocycles. The number of piperidine rings is 1. The van der Waals surface area contributed by atoms with Gasteiger partial charge in [0.2, 0.25) is 5.91 Å². The number of halogens is 1. The Morgan fingerprint density at radius 2 is 2.04 bits per heavy atom. The van der Waals surface area contributed by atoms with E-state index in [0.29, 0.717) is 36.7 Å². The van der Waals surface area contributed by atoms with Gasteiger partial charge < -0.3 is 19.8 Å². The molecule has 2 N–H and O–H groups in total. The van der Waals surface area contributed by atoms with E-state index < -0.39 is 0 Å². The first-order valence-corrected chi connectivity index (χ1v) is 8.34. The molecule has 2 heterocycles. The number of hydrogen-bond acceptors (Lipinski definition) is 5. The molecule has 0 spiro atoms. The van der Waals surface area contributed by atoms with Crippen molar-refractivity contribution in [2.45, 2.75) is 19.8 Å². The normalized spacial score (nSPS) is 15.2. The second-order valence-corrected chi connectivity index (χ2v) is 6.48. The molecule has 0 saturated carbocycles. The molecule has 25 heavy (non-hydrogen) atoms. The van der Waals surface area contributed by atoms with Crippen molar-refractivity contribution >= 4 is 29.1 Å². The Balaban J connectivity index is 1.57. The van der Waals surface area contributed by atoms with Gasteiger partial charge in [-0.25, -0.2) is 0 Å². The molecule has 0 bridgehead atoms. The number of rotatable bonds is 3. The van der Waals surface area contributed by atoms with Crippen molar-refractivity contribution in [3.05, 3.63) is 40.7 Å². The van der Waals surface area contributed by atoms with Crippen molar-refractivity contribution in [1.82, 2.24) is 10.1 Å². The van der Waals surface area contributed by atoms with Crippen LogP contribution in [0.4, 0.5) is 5.69 Å². The maximum atomic E-state index is 12.4. The Bertz CT molecular complexity index is 797. The van der Waals surface area contributed by atoms with Gasteiger partial charge in [-0.05, 0) is 38.0 Å². The quantitative estimate of drug-likeness (QED) is 0.817. The summed E-state index contributed by atoms with van der Waals surface area (Å²) in [6.07, 6.45) is 1.07. The lowest BCUT2D eigenvalue weighted by Gasteiger charge is -2.30. The van der Waals surface area contributed by atoms with Gasteiger partial charge in [0.15, 0.2) is 5.69 Å². The predicted octanol–water partition coefficient (Wildman–Crippen LogP) is 2.83. The van der Waals surface area contributed by atoms with E-state index in [1.54, 1.807) is 24.0 Å². The van der Waals surface area contributed by atoms with Gasteiger partial charge in [0, 0.05) is 30.1 Å². The van der Waals surface area contributed by atoms with Crippen LogP contribution in [-0.2, 0) is 4.79 Å². The van der Waals surface area contributed by atoms with E-state index in [9.17, 15) is 14.7 Å². The highest BCUT2D eigenvalue weighted by Crippen LogP contribution is 2.28. The van der Waals surface area contributed by atoms with Crippen LogP contribution in [0.25, 0.3) is 0 Å². The molecule has 0 radical (unpaired) electrons. The number of phenolic OH excluding ortho intramolecular Hbond substituents is 1. The van der Waals surface area contributed by atoms with Crippen molar-refractivity contribution < 1.29 is 19.2 Å². The molecule has 0 aliphatic carbocycles. The van der Waals surface area contributed by atoms with E-state index in [1.807, 2.05) is 0 Å². The second kappa shape index (κ2) is 7.14. The van der Waals surface area contributed by atoms with Gasteiger partial charge >= 0.3 is 0 Å². The second-order valence-electron chi connectivity index (χ2n) is 6.04. The molecule has 1 aromatic heterocycles. The highest BCUT2D eigenvalue weighted by atomic mass is 35.5. The topological polar surface area (TPSA) is 95.7 Å². The zero-order chi connectivity index (χ0) is 18.0. The molecule has 0 unspecified atom stereocenters. The lowest BCUT2D eigenvalue weighted by atomic mass is 9.95. The molecular weight excluding hydrogens is 346 g/mol. The third-order valence-corrected chi connectivity index (χ3v) is 4.45. The Morgan fingerprint density at radius 3 is 2.68 bits per heavy atom. The number of nitrogens with zero attached hydrogens (tertiary/aromatic N) is 2. The standard InChI is InChI=1S/C17H18ClN3O4/c1-10-8-14(20-25-10)17(24)21-6-4-11(5-7-21)16(23)19-13-9-12(18)2-3-15(13)22/h2-3,8-9,11,22H,4-7H2,1H3,(H,19,23). The number of aromatic hydroxyl groups is 1. The fourth-order valence-corrected chi connectivity index (χ4v) is 2.99. The molecule has 1 fully saturated rings. The van der Waals surface area contributed by atoms with E-state index in [1.165, 1.54) is 12.1 Å². The number of carbonyl (C=O) groups excluding carboxylic acids is 2. The largest absolute Gasteiger partial charge is 0.506 e. The summed E-state index contributed by atoms with van der Waals surface area (Å²) in [5.74, 6) is -0.0719. The summed E-state index contributed by atoms with van der Waals surface area (Å²) in [5, 5.41) is 16.6. The minimum Gasteiger partial charge on any atom is -0.506 e. The predicted molar refractivity (Wildman–Crippen MR) is 91.6 cm³/mol. The summed E-state index contributed by atoms with van der Waals surface area (Å²) in [4.78, 5) is 26.4. The average Bonchev–Trinajstić information content (AvgIpc) is 3.04. The van der Waals surface area contributed by atoms with Gasteiger partial charge in [0.05, 0.1) is 5.69 Å². The van der Waals surface area contributed by atoms with Crippen LogP contribution in [0.5, 0.6) is 5.75 Å². The maximum Gasteiger partial charge on any atom is 0.276 e. The summed E-state index contributed by atoms with van der Waals surface area (Å²) in [6.45, 7) is 2.65. The first kappa shape index (κ1) is 17.3. The number of phenols is 1. The van der Waals surface area contributed by atoms with E-state index in [0.717, 1.165) is 0 Å². The molecular formula is C17H18ClN3O4. The first-order chi connectivity index (χ1) is 11.9. The Labute approximate surface area is 149 Å². The first-order valence-electron chi connectivity index (χ1n) is 7.96. The van der Waals surface area contributed by atoms with Crippen LogP contribution < -0.4 is 5.32 Å². The Morgan fingerprint density at radius 1 is 1.32 bits per heavy atom. The number of anilines is 1. The highest BCUT2D eigenvalue weighted by molar-refractivity contribution is 6.31. The number of aryl methyl sites for hydroxylation is 1. The Kier molecular flexibility index (Phi) is 4.94. The number of aromatic nitrogens is 1. The molecule has 1 aromatic carbocycles. The molecule has 3 rings (SSSR count). The monoisotopic (exact) mass is 363 g/mol. The van der Waals surface area contributed by atoms with Gasteiger partial charge in [0.1, 0.15) is 11.5 Å². The van der Waals surface area contributed by atoms with Gasteiger partial charge in [0.25, 0.3) is 5.91 Å². The number of carbonyl (C=O) groups is 2. The van der Waals surface area contributed by atoms with Crippen molar-refractivity contribution in [2.24, 2.45) is 5.92 Å². The van der Waals surface area contributed by atoms with Gasteiger partial charge in [-0.2, -0.15) is 0 Å². The minimum atomic E-state index is -0.235. The number of amides is 2. The minimum absolute atomic E-state index is 0.0354. The maximum absolute atomic E-state index is 12.4. The van der Waals surface area contributed by atoms with Gasteiger partial charge in [-0.15, -0.1) is 0 Å². The third-order valence-electron chi connectivity index (χ3n) is 4.22. The van der Waals surface area contributed by atoms with Crippen LogP contribution in [0.2, 0.25) is 5.02 Å². The molecule has 132 valence electrons. The molecule has 7 nitrogen and oxygen atoms in total. The summed E-state index contributed by atoms with van der Waals surface area (Å²) in [7, 11) is 0. The zero-order valence-electron chi connectivity index (χ0n) is 13.7. The van der Waals surface area contributed by atoms with E-state index >= 15 is 0 Å². The lowest BCUT2D eigenvalue weighted by molar-refractivity contribution is -0.121. The average molecular weight is 364 g/mol.